The summed E-state index contributed by atoms with van der Waals surface area (Å²) >= 11 is 0.572. The van der Waals surface area contributed by atoms with Gasteiger partial charge in [-0.1, -0.05) is 23.9 Å². The quantitative estimate of drug-likeness (QED) is 0.620. The van der Waals surface area contributed by atoms with Crippen molar-refractivity contribution in [3.05, 3.63) is 46.5 Å². The maximum absolute atomic E-state index is 10.1. The normalized spacial score (nSPS) is 9.91. The molecule has 22 heavy (non-hydrogen) atoms. The van der Waals surface area contributed by atoms with Gasteiger partial charge in [-0.2, -0.15) is 0 Å². The summed E-state index contributed by atoms with van der Waals surface area (Å²) in [6, 6.07) is 7.76. The molecule has 2 rings (SSSR count). The Bertz CT molecular complexity index is 608. The van der Waals surface area contributed by atoms with Crippen molar-refractivity contribution >= 4 is 28.8 Å². The molecule has 0 bridgehead atoms. The first kappa shape index (κ1) is 19.9. The summed E-state index contributed by atoms with van der Waals surface area (Å²) in [7, 11) is 9.87. The number of phenolic OH excluding ortho intramolecular Hbond substituents is 2. The van der Waals surface area contributed by atoms with Gasteiger partial charge in [-0.3, -0.25) is 0 Å². The zero-order valence-electron chi connectivity index (χ0n) is 12.9. The van der Waals surface area contributed by atoms with Crippen LogP contribution in [0, 0.1) is 27.7 Å². The van der Waals surface area contributed by atoms with Gasteiger partial charge in [0.05, 0.1) is 9.79 Å². The average molecular weight is 437 g/mol. The number of aromatic hydroxyl groups is 2. The minimum absolute atomic E-state index is 0.286. The predicted molar refractivity (Wildman–Crippen MR) is 91.0 cm³/mol. The van der Waals surface area contributed by atoms with E-state index < -0.39 is 20.8 Å². The summed E-state index contributed by atoms with van der Waals surface area (Å²) in [5.41, 5.74) is 3.90. The maximum atomic E-state index is 10.1. The molecule has 2 nitrogen and oxygen atoms in total. The SMILES string of the molecule is Cc1cc(C)c(O)c(Sc2cc(C)cc(C)c2O)c1.[Cl][Zr][Cl]. The Morgan fingerprint density at radius 1 is 0.773 bits per heavy atom. The van der Waals surface area contributed by atoms with E-state index in [2.05, 4.69) is 0 Å². The second kappa shape index (κ2) is 9.22. The molecule has 0 radical (unpaired) electrons. The zero-order chi connectivity index (χ0) is 16.9. The van der Waals surface area contributed by atoms with Crippen LogP contribution < -0.4 is 0 Å². The Morgan fingerprint density at radius 3 is 1.41 bits per heavy atom. The Labute approximate surface area is 154 Å². The molecule has 0 aromatic heterocycles. The first-order valence-electron chi connectivity index (χ1n) is 6.54. The van der Waals surface area contributed by atoms with Crippen molar-refractivity contribution in [2.45, 2.75) is 37.5 Å². The van der Waals surface area contributed by atoms with Crippen LogP contribution in [0.15, 0.2) is 34.1 Å². The second-order valence-electron chi connectivity index (χ2n) is 5.03. The molecule has 2 N–H and O–H groups in total. The topological polar surface area (TPSA) is 40.5 Å². The molecule has 6 heteroatoms. The number of phenols is 2. The van der Waals surface area contributed by atoms with Crippen LogP contribution in [-0.4, -0.2) is 10.2 Å². The molecule has 2 aromatic carbocycles. The third-order valence-corrected chi connectivity index (χ3v) is 4.10. The molecule has 0 aliphatic rings. The summed E-state index contributed by atoms with van der Waals surface area (Å²) in [6.07, 6.45) is 0. The Kier molecular flexibility index (Phi) is 8.34. The average Bonchev–Trinajstić information content (AvgIpc) is 2.42. The number of aryl methyl sites for hydroxylation is 4. The van der Waals surface area contributed by atoms with Crippen molar-refractivity contribution in [2.24, 2.45) is 0 Å². The van der Waals surface area contributed by atoms with Crippen LogP contribution in [0.1, 0.15) is 22.3 Å². The van der Waals surface area contributed by atoms with Crippen LogP contribution in [-0.2, 0) is 20.8 Å². The molecular weight excluding hydrogens is 418 g/mol. The van der Waals surface area contributed by atoms with Crippen LogP contribution in [0.5, 0.6) is 11.5 Å². The summed E-state index contributed by atoms with van der Waals surface area (Å²) in [5, 5.41) is 20.2. The number of hydrogen-bond donors (Lipinski definition) is 2. The van der Waals surface area contributed by atoms with E-state index in [1.807, 2.05) is 52.0 Å². The van der Waals surface area contributed by atoms with Crippen molar-refractivity contribution in [3.8, 4) is 11.5 Å². The van der Waals surface area contributed by atoms with E-state index in [9.17, 15) is 10.2 Å². The zero-order valence-corrected chi connectivity index (χ0v) is 17.7. The molecule has 0 saturated heterocycles. The van der Waals surface area contributed by atoms with Gasteiger partial charge in [0.1, 0.15) is 11.5 Å². The van der Waals surface area contributed by atoms with Gasteiger partial charge in [0.15, 0.2) is 0 Å². The first-order valence-corrected chi connectivity index (χ1v) is 13.7. The third-order valence-electron chi connectivity index (χ3n) is 3.04. The van der Waals surface area contributed by atoms with Gasteiger partial charge < -0.3 is 10.2 Å². The standard InChI is InChI=1S/C16H18O2S.2ClH.Zr/c1-9-5-11(3)15(17)13(7-9)19-14-8-10(2)6-12(4)16(14)18;;;/h5-8,17-18H,1-4H3;2*1H;/q;;;+2/p-2. The number of halogens is 2. The van der Waals surface area contributed by atoms with E-state index in [0.717, 1.165) is 32.0 Å². The van der Waals surface area contributed by atoms with Crippen LogP contribution in [0.4, 0.5) is 0 Å². The number of hydrogen-bond acceptors (Lipinski definition) is 3. The van der Waals surface area contributed by atoms with E-state index in [1.165, 1.54) is 11.8 Å². The van der Waals surface area contributed by atoms with Crippen molar-refractivity contribution in [1.29, 1.82) is 0 Å². The fourth-order valence-corrected chi connectivity index (χ4v) is 3.36. The summed E-state index contributed by atoms with van der Waals surface area (Å²) in [5.74, 6) is 0.573. The van der Waals surface area contributed by atoms with Crippen LogP contribution in [0.3, 0.4) is 0 Å². The second-order valence-corrected chi connectivity index (χ2v) is 9.85. The summed E-state index contributed by atoms with van der Waals surface area (Å²) in [6.45, 7) is 7.76. The third kappa shape index (κ3) is 5.49. The van der Waals surface area contributed by atoms with E-state index in [1.54, 1.807) is 0 Å². The Hall–Kier alpha value is -0.147. The molecule has 118 valence electrons. The van der Waals surface area contributed by atoms with Crippen molar-refractivity contribution in [2.75, 3.05) is 0 Å². The van der Waals surface area contributed by atoms with Crippen LogP contribution in [0.25, 0.3) is 0 Å². The van der Waals surface area contributed by atoms with Gasteiger partial charge in [-0.25, -0.2) is 0 Å². The molecule has 2 aromatic rings. The monoisotopic (exact) mass is 434 g/mol. The molecule has 0 atom stereocenters. The fourth-order valence-electron chi connectivity index (χ4n) is 2.12. The van der Waals surface area contributed by atoms with E-state index >= 15 is 0 Å². The fraction of sp³-hybridized carbons (Fsp3) is 0.250. The van der Waals surface area contributed by atoms with Gasteiger partial charge in [0.25, 0.3) is 0 Å². The van der Waals surface area contributed by atoms with Crippen molar-refractivity contribution in [1.82, 2.24) is 0 Å². The molecule has 0 fully saturated rings. The van der Waals surface area contributed by atoms with Gasteiger partial charge in [0.2, 0.25) is 0 Å². The molecule has 0 amide bonds. The first-order chi connectivity index (χ1) is 10.3. The molecule has 0 saturated carbocycles. The van der Waals surface area contributed by atoms with E-state index in [4.69, 9.17) is 17.0 Å². The predicted octanol–water partition coefficient (Wildman–Crippen LogP) is 5.86. The Morgan fingerprint density at radius 2 is 1.09 bits per heavy atom. The van der Waals surface area contributed by atoms with Gasteiger partial charge in [-0.05, 0) is 62.1 Å². The molecule has 0 spiro atoms. The summed E-state index contributed by atoms with van der Waals surface area (Å²) < 4.78 is 0. The molecular formula is C16H18Cl2O2SZr. The Balaban J connectivity index is 0.000000745. The molecule has 0 heterocycles. The van der Waals surface area contributed by atoms with Crippen LogP contribution in [0.2, 0.25) is 0 Å². The van der Waals surface area contributed by atoms with Gasteiger partial charge >= 0.3 is 37.9 Å². The molecule has 0 aliphatic heterocycles. The number of benzene rings is 2. The van der Waals surface area contributed by atoms with Gasteiger partial charge in [-0.15, -0.1) is 0 Å². The molecule has 0 aliphatic carbocycles. The van der Waals surface area contributed by atoms with Crippen molar-refractivity contribution < 1.29 is 31.1 Å². The van der Waals surface area contributed by atoms with E-state index in [0.29, 0.717) is 0 Å². The van der Waals surface area contributed by atoms with Crippen molar-refractivity contribution in [3.63, 3.8) is 0 Å². The minimum atomic E-state index is -0.826. The van der Waals surface area contributed by atoms with E-state index in [-0.39, 0.29) is 11.5 Å². The number of rotatable bonds is 2. The van der Waals surface area contributed by atoms with Crippen LogP contribution >= 0.6 is 28.8 Å². The summed E-state index contributed by atoms with van der Waals surface area (Å²) in [4.78, 5) is 1.55. The molecule has 0 unspecified atom stereocenters. The van der Waals surface area contributed by atoms with Gasteiger partial charge in [0, 0.05) is 0 Å².